The van der Waals surface area contributed by atoms with Crippen LogP contribution in [-0.2, 0) is 4.79 Å². The summed E-state index contributed by atoms with van der Waals surface area (Å²) in [6.45, 7) is 3.02. The van der Waals surface area contributed by atoms with Crippen LogP contribution in [0.4, 0.5) is 0 Å². The maximum atomic E-state index is 11.6. The number of rotatable bonds is 11. The lowest BCUT2D eigenvalue weighted by Crippen LogP contribution is -2.17. The second-order valence-electron chi connectivity index (χ2n) is 6.24. The molecule has 1 fully saturated rings. The zero-order valence-corrected chi connectivity index (χ0v) is 16.5. The number of amides is 1. The summed E-state index contributed by atoms with van der Waals surface area (Å²) in [5.41, 5.74) is 0.974. The monoisotopic (exact) mass is 377 g/mol. The molecule has 0 unspecified atom stereocenters. The number of carbonyl (C=O) groups excluding carboxylic acids is 1. The van der Waals surface area contributed by atoms with E-state index in [-0.39, 0.29) is 5.91 Å². The van der Waals surface area contributed by atoms with Crippen LogP contribution in [0.3, 0.4) is 0 Å². The predicted molar refractivity (Wildman–Crippen MR) is 111 cm³/mol. The second kappa shape index (κ2) is 11.3. The largest absolute Gasteiger partial charge is 0.494 e. The van der Waals surface area contributed by atoms with Crippen LogP contribution in [0.25, 0.3) is 6.08 Å². The van der Waals surface area contributed by atoms with E-state index in [4.69, 9.17) is 17.0 Å². The molecule has 25 heavy (non-hydrogen) atoms. The zero-order valence-electron chi connectivity index (χ0n) is 14.9. The number of carbonyl (C=O) groups is 1. The van der Waals surface area contributed by atoms with Gasteiger partial charge < -0.3 is 10.1 Å². The van der Waals surface area contributed by atoms with Gasteiger partial charge in [-0.05, 0) is 30.2 Å². The third-order valence-corrected chi connectivity index (χ3v) is 5.25. The maximum Gasteiger partial charge on any atom is 0.263 e. The van der Waals surface area contributed by atoms with Crippen LogP contribution in [0.2, 0.25) is 0 Å². The molecule has 0 bridgehead atoms. The minimum atomic E-state index is -0.120. The molecule has 3 nitrogen and oxygen atoms in total. The van der Waals surface area contributed by atoms with Gasteiger partial charge >= 0.3 is 0 Å². The molecule has 5 heteroatoms. The van der Waals surface area contributed by atoms with E-state index in [1.165, 1.54) is 56.7 Å². The maximum absolute atomic E-state index is 11.6. The fourth-order valence-corrected chi connectivity index (χ4v) is 3.70. The van der Waals surface area contributed by atoms with E-state index in [2.05, 4.69) is 12.2 Å². The molecule has 0 spiro atoms. The summed E-state index contributed by atoms with van der Waals surface area (Å²) >= 11 is 6.29. The number of thiocarbonyl (C=S) groups is 1. The van der Waals surface area contributed by atoms with Crippen LogP contribution in [0.1, 0.15) is 63.9 Å². The van der Waals surface area contributed by atoms with Gasteiger partial charge in [0.25, 0.3) is 5.91 Å². The zero-order chi connectivity index (χ0) is 17.9. The highest BCUT2D eigenvalue weighted by atomic mass is 32.2. The van der Waals surface area contributed by atoms with Crippen LogP contribution in [-0.4, -0.2) is 16.8 Å². The molecule has 0 atom stereocenters. The van der Waals surface area contributed by atoms with E-state index < -0.39 is 0 Å². The third kappa shape index (κ3) is 7.61. The van der Waals surface area contributed by atoms with Gasteiger partial charge in [-0.15, -0.1) is 0 Å². The normalized spacial score (nSPS) is 15.6. The summed E-state index contributed by atoms with van der Waals surface area (Å²) in [4.78, 5) is 12.3. The molecule has 1 amide bonds. The molecule has 1 saturated heterocycles. The number of hydrogen-bond donors (Lipinski definition) is 1. The minimum Gasteiger partial charge on any atom is -0.494 e. The fraction of sp³-hybridized carbons (Fsp3) is 0.500. The highest BCUT2D eigenvalue weighted by Gasteiger charge is 2.21. The molecule has 1 heterocycles. The summed E-state index contributed by atoms with van der Waals surface area (Å²) in [5, 5.41) is 2.62. The van der Waals surface area contributed by atoms with Crippen molar-refractivity contribution in [2.45, 2.75) is 58.3 Å². The van der Waals surface area contributed by atoms with Crippen molar-refractivity contribution in [3.05, 3.63) is 34.7 Å². The average molecular weight is 378 g/mol. The lowest BCUT2D eigenvalue weighted by atomic mass is 10.1. The molecule has 1 aliphatic heterocycles. The lowest BCUT2D eigenvalue weighted by Gasteiger charge is -2.06. The van der Waals surface area contributed by atoms with E-state index in [9.17, 15) is 4.79 Å². The molecular formula is C20H27NO2S2. The average Bonchev–Trinajstić information content (AvgIpc) is 2.92. The Morgan fingerprint density at radius 1 is 1.04 bits per heavy atom. The first-order valence-corrected chi connectivity index (χ1v) is 10.4. The first-order chi connectivity index (χ1) is 12.2. The fourth-order valence-electron chi connectivity index (χ4n) is 2.66. The number of nitrogens with one attached hydrogen (secondary N) is 1. The van der Waals surface area contributed by atoms with Gasteiger partial charge in [-0.1, -0.05) is 88.0 Å². The van der Waals surface area contributed by atoms with Gasteiger partial charge in [0, 0.05) is 0 Å². The van der Waals surface area contributed by atoms with Gasteiger partial charge in [0.1, 0.15) is 10.1 Å². The van der Waals surface area contributed by atoms with Crippen molar-refractivity contribution in [3.63, 3.8) is 0 Å². The summed E-state index contributed by atoms with van der Waals surface area (Å²) in [6.07, 6.45) is 12.3. The van der Waals surface area contributed by atoms with Crippen molar-refractivity contribution in [1.29, 1.82) is 0 Å². The standard InChI is InChI=1S/C20H27NO2S2/c1-2-3-4-5-6-7-8-9-14-23-17-12-10-16(11-13-17)15-18-19(22)21-20(24)25-18/h10-13,15H,2-9,14H2,1H3,(H,21,22,24)/b18-15+. The summed E-state index contributed by atoms with van der Waals surface area (Å²) < 4.78 is 6.30. The molecule has 0 aromatic heterocycles. The number of hydrogen-bond acceptors (Lipinski definition) is 4. The molecule has 1 N–H and O–H groups in total. The van der Waals surface area contributed by atoms with E-state index in [1.54, 1.807) is 0 Å². The Kier molecular flexibility index (Phi) is 9.05. The van der Waals surface area contributed by atoms with Crippen molar-refractivity contribution < 1.29 is 9.53 Å². The SMILES string of the molecule is CCCCCCCCCCOc1ccc(/C=C2/SC(=S)NC2=O)cc1. The highest BCUT2D eigenvalue weighted by molar-refractivity contribution is 8.26. The van der Waals surface area contributed by atoms with Gasteiger partial charge in [0.15, 0.2) is 0 Å². The van der Waals surface area contributed by atoms with Crippen LogP contribution < -0.4 is 10.1 Å². The summed E-state index contributed by atoms with van der Waals surface area (Å²) in [7, 11) is 0. The van der Waals surface area contributed by atoms with E-state index in [0.29, 0.717) is 9.23 Å². The predicted octanol–water partition coefficient (Wildman–Crippen LogP) is 5.69. The third-order valence-electron chi connectivity index (χ3n) is 4.09. The van der Waals surface area contributed by atoms with Crippen molar-refractivity contribution in [2.75, 3.05) is 6.61 Å². The summed E-state index contributed by atoms with van der Waals surface area (Å²) in [6, 6.07) is 7.83. The smallest absolute Gasteiger partial charge is 0.263 e. The van der Waals surface area contributed by atoms with Gasteiger partial charge in [0.2, 0.25) is 0 Å². The van der Waals surface area contributed by atoms with E-state index >= 15 is 0 Å². The van der Waals surface area contributed by atoms with Crippen LogP contribution >= 0.6 is 24.0 Å². The topological polar surface area (TPSA) is 38.3 Å². The molecule has 0 aliphatic carbocycles. The van der Waals surface area contributed by atoms with Crippen molar-refractivity contribution in [2.24, 2.45) is 0 Å². The molecule has 1 aromatic rings. The number of unbranched alkanes of at least 4 members (excludes halogenated alkanes) is 7. The van der Waals surface area contributed by atoms with Gasteiger partial charge in [-0.3, -0.25) is 4.79 Å². The quantitative estimate of drug-likeness (QED) is 0.305. The molecular weight excluding hydrogens is 350 g/mol. The van der Waals surface area contributed by atoms with Gasteiger partial charge in [0.05, 0.1) is 11.5 Å². The Morgan fingerprint density at radius 3 is 2.28 bits per heavy atom. The second-order valence-corrected chi connectivity index (χ2v) is 7.96. The minimum absolute atomic E-state index is 0.120. The molecule has 0 radical (unpaired) electrons. The van der Waals surface area contributed by atoms with Gasteiger partial charge in [-0.25, -0.2) is 0 Å². The molecule has 136 valence electrons. The summed E-state index contributed by atoms with van der Waals surface area (Å²) in [5.74, 6) is 0.758. The van der Waals surface area contributed by atoms with Crippen LogP contribution in [0.15, 0.2) is 29.2 Å². The molecule has 2 rings (SSSR count). The number of benzene rings is 1. The molecule has 1 aromatic carbocycles. The first kappa shape index (κ1) is 20.0. The number of ether oxygens (including phenoxy) is 1. The lowest BCUT2D eigenvalue weighted by molar-refractivity contribution is -0.115. The van der Waals surface area contributed by atoms with Crippen molar-refractivity contribution in [3.8, 4) is 5.75 Å². The Bertz CT molecular complexity index is 596. The van der Waals surface area contributed by atoms with Crippen LogP contribution in [0.5, 0.6) is 5.75 Å². The van der Waals surface area contributed by atoms with E-state index in [0.717, 1.165) is 24.3 Å². The van der Waals surface area contributed by atoms with E-state index in [1.807, 2.05) is 30.3 Å². The molecule has 1 aliphatic rings. The number of thioether (sulfide) groups is 1. The Labute approximate surface area is 160 Å². The highest BCUT2D eigenvalue weighted by Crippen LogP contribution is 2.26. The van der Waals surface area contributed by atoms with Crippen LogP contribution in [0, 0.1) is 0 Å². The first-order valence-electron chi connectivity index (χ1n) is 9.17. The Hall–Kier alpha value is -1.33. The Morgan fingerprint density at radius 2 is 1.68 bits per heavy atom. The van der Waals surface area contributed by atoms with Gasteiger partial charge in [-0.2, -0.15) is 0 Å². The Balaban J connectivity index is 1.63. The molecule has 0 saturated carbocycles. The van der Waals surface area contributed by atoms with Crippen molar-refractivity contribution in [1.82, 2.24) is 5.32 Å². The van der Waals surface area contributed by atoms with Crippen molar-refractivity contribution >= 4 is 40.3 Å².